The molecule has 0 aliphatic rings. The molecule has 0 bridgehead atoms. The van der Waals surface area contributed by atoms with Crippen LogP contribution in [-0.4, -0.2) is 46.0 Å². The number of amides is 1. The number of aryl methyl sites for hydroxylation is 1. The van der Waals surface area contributed by atoms with Crippen molar-refractivity contribution in [2.75, 3.05) is 25.6 Å². The largest absolute Gasteiger partial charge is 0.491 e. The molecule has 0 fully saturated rings. The molecule has 10 heteroatoms. The third kappa shape index (κ3) is 4.65. The number of ether oxygens (including phenoxy) is 2. The molecule has 0 spiro atoms. The molecule has 0 aliphatic heterocycles. The number of anilines is 1. The smallest absolute Gasteiger partial charge is 0.287 e. The second-order valence-corrected chi connectivity index (χ2v) is 6.54. The van der Waals surface area contributed by atoms with Crippen LogP contribution in [0.1, 0.15) is 25.2 Å². The van der Waals surface area contributed by atoms with Crippen LogP contribution >= 0.6 is 0 Å². The number of nitrogens with one attached hydrogen (secondary N) is 1. The lowest BCUT2D eigenvalue weighted by molar-refractivity contribution is -0.114. The number of carbonyl (C=O) groups excluding carboxylic acids is 1. The Morgan fingerprint density at radius 2 is 2.03 bits per heavy atom. The number of alkyl halides is 2. The molecular weight excluding hydrogens is 384 g/mol. The Hall–Kier alpha value is -3.14. The summed E-state index contributed by atoms with van der Waals surface area (Å²) in [4.78, 5) is 19.6. The zero-order valence-electron chi connectivity index (χ0n) is 16.5. The maximum atomic E-state index is 14.0. The van der Waals surface area contributed by atoms with E-state index >= 15 is 0 Å². The summed E-state index contributed by atoms with van der Waals surface area (Å²) in [6.07, 6.45) is 1.56. The van der Waals surface area contributed by atoms with Crippen LogP contribution < -0.4 is 10.1 Å². The summed E-state index contributed by atoms with van der Waals surface area (Å²) >= 11 is 0. The Morgan fingerprint density at radius 1 is 1.28 bits per heavy atom. The highest BCUT2D eigenvalue weighted by Crippen LogP contribution is 2.31. The first kappa shape index (κ1) is 20.6. The van der Waals surface area contributed by atoms with Crippen LogP contribution in [0.4, 0.5) is 14.6 Å². The lowest BCUT2D eigenvalue weighted by atomic mass is 10.2. The average molecular weight is 405 g/mol. The first-order chi connectivity index (χ1) is 13.7. The lowest BCUT2D eigenvalue weighted by Crippen LogP contribution is -2.14. The van der Waals surface area contributed by atoms with E-state index in [0.717, 1.165) is 6.92 Å². The normalized spacial score (nSPS) is 11.7. The van der Waals surface area contributed by atoms with Gasteiger partial charge >= 0.3 is 0 Å². The monoisotopic (exact) mass is 405 g/mol. The van der Waals surface area contributed by atoms with Gasteiger partial charge in [-0.3, -0.25) is 4.79 Å². The van der Waals surface area contributed by atoms with Gasteiger partial charge in [0, 0.05) is 50.7 Å². The molecule has 29 heavy (non-hydrogen) atoms. The summed E-state index contributed by atoms with van der Waals surface area (Å²) in [7, 11) is 1.52. The molecule has 0 saturated carbocycles. The number of pyridine rings is 2. The van der Waals surface area contributed by atoms with Crippen molar-refractivity contribution in [1.29, 1.82) is 0 Å². The molecule has 0 aromatic carbocycles. The van der Waals surface area contributed by atoms with Gasteiger partial charge in [-0.25, -0.2) is 14.6 Å². The molecule has 0 atom stereocenters. The van der Waals surface area contributed by atoms with Gasteiger partial charge in [0.15, 0.2) is 5.82 Å². The fourth-order valence-electron chi connectivity index (χ4n) is 2.73. The molecule has 0 aliphatic carbocycles. The Balaban J connectivity index is 2.14. The van der Waals surface area contributed by atoms with Crippen molar-refractivity contribution in [3.63, 3.8) is 0 Å². The van der Waals surface area contributed by atoms with Gasteiger partial charge in [0.1, 0.15) is 23.9 Å². The highest BCUT2D eigenvalue weighted by Gasteiger charge is 2.28. The number of rotatable bonds is 7. The van der Waals surface area contributed by atoms with Gasteiger partial charge in [-0.05, 0) is 6.92 Å². The molecule has 0 radical (unpaired) electrons. The van der Waals surface area contributed by atoms with E-state index < -0.39 is 11.6 Å². The van der Waals surface area contributed by atoms with Crippen LogP contribution in [0.3, 0.4) is 0 Å². The Kier molecular flexibility index (Phi) is 5.73. The number of carbonyl (C=O) groups is 1. The van der Waals surface area contributed by atoms with Crippen molar-refractivity contribution < 1.29 is 23.0 Å². The van der Waals surface area contributed by atoms with Gasteiger partial charge in [0.25, 0.3) is 5.92 Å². The summed E-state index contributed by atoms with van der Waals surface area (Å²) in [5.74, 6) is -2.74. The number of hydrogen-bond donors (Lipinski definition) is 1. The molecule has 1 N–H and O–H groups in total. The minimum atomic E-state index is -3.17. The zero-order valence-corrected chi connectivity index (χ0v) is 16.5. The number of methoxy groups -OCH3 is 1. The summed E-state index contributed by atoms with van der Waals surface area (Å²) in [5, 5.41) is 7.72. The standard InChI is InChI=1S/C19H21F2N5O3/c1-11-14-10-22-17(23-12(2)27)9-15(14)26(25-11)18-8-13(29-6-5-28-4)7-16(24-18)19(3,20)21/h7-10H,5-6H2,1-4H3,(H,22,23,27). The third-order valence-electron chi connectivity index (χ3n) is 4.06. The molecular formula is C19H21F2N5O3. The van der Waals surface area contributed by atoms with Gasteiger partial charge in [0.2, 0.25) is 5.91 Å². The minimum Gasteiger partial charge on any atom is -0.491 e. The van der Waals surface area contributed by atoms with Crippen LogP contribution in [0, 0.1) is 6.92 Å². The van der Waals surface area contributed by atoms with Gasteiger partial charge in [-0.2, -0.15) is 13.9 Å². The minimum absolute atomic E-state index is 0.162. The fourth-order valence-corrected chi connectivity index (χ4v) is 2.73. The lowest BCUT2D eigenvalue weighted by Gasteiger charge is -2.15. The van der Waals surface area contributed by atoms with Crippen molar-refractivity contribution in [1.82, 2.24) is 19.7 Å². The van der Waals surface area contributed by atoms with Gasteiger partial charge < -0.3 is 14.8 Å². The second kappa shape index (κ2) is 8.08. The van der Waals surface area contributed by atoms with E-state index in [1.807, 2.05) is 0 Å². The van der Waals surface area contributed by atoms with Crippen molar-refractivity contribution in [2.24, 2.45) is 0 Å². The summed E-state index contributed by atoms with van der Waals surface area (Å²) in [6, 6.07) is 4.33. The number of halogens is 2. The van der Waals surface area contributed by atoms with Crippen LogP contribution in [-0.2, 0) is 15.5 Å². The number of nitrogens with zero attached hydrogens (tertiary/aromatic N) is 4. The van der Waals surface area contributed by atoms with E-state index in [1.165, 1.54) is 30.8 Å². The molecule has 1 amide bonds. The van der Waals surface area contributed by atoms with E-state index in [0.29, 0.717) is 29.0 Å². The molecule has 154 valence electrons. The third-order valence-corrected chi connectivity index (χ3v) is 4.06. The maximum absolute atomic E-state index is 14.0. The van der Waals surface area contributed by atoms with Crippen LogP contribution in [0.25, 0.3) is 16.7 Å². The predicted molar refractivity (Wildman–Crippen MR) is 103 cm³/mol. The Morgan fingerprint density at radius 3 is 2.69 bits per heavy atom. The topological polar surface area (TPSA) is 91.2 Å². The van der Waals surface area contributed by atoms with Crippen molar-refractivity contribution in [3.8, 4) is 11.6 Å². The number of hydrogen-bond acceptors (Lipinski definition) is 6. The van der Waals surface area contributed by atoms with E-state index in [-0.39, 0.29) is 24.1 Å². The van der Waals surface area contributed by atoms with Crippen LogP contribution in [0.2, 0.25) is 0 Å². The quantitative estimate of drug-likeness (QED) is 0.607. The molecule has 8 nitrogen and oxygen atoms in total. The fraction of sp³-hybridized carbons (Fsp3) is 0.368. The molecule has 0 unspecified atom stereocenters. The second-order valence-electron chi connectivity index (χ2n) is 6.54. The van der Waals surface area contributed by atoms with Gasteiger partial charge in [-0.15, -0.1) is 0 Å². The van der Waals surface area contributed by atoms with Gasteiger partial charge in [0.05, 0.1) is 17.8 Å². The summed E-state index contributed by atoms with van der Waals surface area (Å²) in [6.45, 7) is 4.41. The molecule has 3 aromatic rings. The Labute approximate surface area is 165 Å². The highest BCUT2D eigenvalue weighted by molar-refractivity contribution is 5.91. The summed E-state index contributed by atoms with van der Waals surface area (Å²) < 4.78 is 39.9. The average Bonchev–Trinajstić information content (AvgIpc) is 2.97. The van der Waals surface area contributed by atoms with Crippen molar-refractivity contribution in [3.05, 3.63) is 35.8 Å². The van der Waals surface area contributed by atoms with E-state index in [2.05, 4.69) is 20.4 Å². The molecule has 3 aromatic heterocycles. The predicted octanol–water partition coefficient (Wildman–Crippen LogP) is 3.22. The molecule has 3 rings (SSSR count). The van der Waals surface area contributed by atoms with E-state index in [1.54, 1.807) is 19.2 Å². The van der Waals surface area contributed by atoms with E-state index in [9.17, 15) is 13.6 Å². The van der Waals surface area contributed by atoms with Crippen LogP contribution in [0.15, 0.2) is 24.4 Å². The van der Waals surface area contributed by atoms with Crippen LogP contribution in [0.5, 0.6) is 5.75 Å². The number of fused-ring (bicyclic) bond motifs is 1. The number of aromatic nitrogens is 4. The van der Waals surface area contributed by atoms with Crippen molar-refractivity contribution in [2.45, 2.75) is 26.7 Å². The molecule has 3 heterocycles. The SMILES string of the molecule is COCCOc1cc(-n2nc(C)c3cnc(NC(C)=O)cc32)nc(C(C)(F)F)c1. The molecule has 0 saturated heterocycles. The van der Waals surface area contributed by atoms with Crippen molar-refractivity contribution >= 4 is 22.6 Å². The van der Waals surface area contributed by atoms with Gasteiger partial charge in [-0.1, -0.05) is 0 Å². The first-order valence-corrected chi connectivity index (χ1v) is 8.84. The highest BCUT2D eigenvalue weighted by atomic mass is 19.3. The summed E-state index contributed by atoms with van der Waals surface area (Å²) in [5.41, 5.74) is 0.757. The maximum Gasteiger partial charge on any atom is 0.287 e. The van der Waals surface area contributed by atoms with E-state index in [4.69, 9.17) is 9.47 Å². The first-order valence-electron chi connectivity index (χ1n) is 8.84. The Bertz CT molecular complexity index is 1050. The zero-order chi connectivity index (χ0) is 21.2.